The molecule has 0 aromatic rings. The van der Waals surface area contributed by atoms with Crippen LogP contribution in [0.25, 0.3) is 0 Å². The Morgan fingerprint density at radius 3 is 1.95 bits per heavy atom. The maximum Gasteiger partial charge on any atom is 0.317 e. The fourth-order valence-electron chi connectivity index (χ4n) is 1.63. The summed E-state index contributed by atoms with van der Waals surface area (Å²) in [5, 5.41) is 40.0. The van der Waals surface area contributed by atoms with Gasteiger partial charge in [-0.25, -0.2) is 0 Å². The number of aliphatic hydroxyl groups is 1. The summed E-state index contributed by atoms with van der Waals surface area (Å²) in [7, 11) is 0. The lowest BCUT2D eigenvalue weighted by Gasteiger charge is -2.33. The second kappa shape index (κ2) is 8.40. The van der Waals surface area contributed by atoms with Gasteiger partial charge in [-0.2, -0.15) is 0 Å². The first kappa shape index (κ1) is 17.3. The largest absolute Gasteiger partial charge is 0.481 e. The summed E-state index contributed by atoms with van der Waals surface area (Å²) in [4.78, 5) is 31.7. The smallest absolute Gasteiger partial charge is 0.317 e. The highest BCUT2D eigenvalue weighted by atomic mass is 16.4. The third-order valence-electron chi connectivity index (χ3n) is 2.43. The van der Waals surface area contributed by atoms with Gasteiger partial charge >= 0.3 is 17.9 Å². The molecule has 0 saturated heterocycles. The number of nitrogens with one attached hydrogen (secondary N) is 2. The van der Waals surface area contributed by atoms with Gasteiger partial charge in [0.05, 0.1) is 19.5 Å². The minimum Gasteiger partial charge on any atom is -0.481 e. The fraction of sp³-hybridized carbons (Fsp3) is 0.700. The molecule has 0 radical (unpaired) electrons. The zero-order valence-corrected chi connectivity index (χ0v) is 10.3. The van der Waals surface area contributed by atoms with Crippen LogP contribution in [-0.4, -0.2) is 70.1 Å². The fourth-order valence-corrected chi connectivity index (χ4v) is 1.63. The zero-order chi connectivity index (χ0) is 14.9. The van der Waals surface area contributed by atoms with Gasteiger partial charge in [0.1, 0.15) is 0 Å². The number of hydrogen-bond acceptors (Lipinski definition) is 6. The van der Waals surface area contributed by atoms with Crippen molar-refractivity contribution >= 4 is 17.9 Å². The molecule has 6 N–H and O–H groups in total. The minimum atomic E-state index is -1.21. The lowest BCUT2D eigenvalue weighted by molar-refractivity contribution is -0.141. The molecule has 0 fully saturated rings. The number of aliphatic hydroxyl groups excluding tert-OH is 1. The van der Waals surface area contributed by atoms with Gasteiger partial charge in [-0.1, -0.05) is 0 Å². The van der Waals surface area contributed by atoms with Crippen molar-refractivity contribution in [3.63, 3.8) is 0 Å². The molecule has 0 heterocycles. The molecule has 0 amide bonds. The Bertz CT molecular complexity index is 334. The lowest BCUT2D eigenvalue weighted by atomic mass is 9.91. The Balaban J connectivity index is 4.73. The standard InChI is InChI=1S/C10H18N2O7/c13-2-1-10(3-7(14)15,12-5-9(18)19)6-11-4-8(16)17/h11-13H,1-6H2,(H,14,15)(H,16,17)(H,18,19). The molecule has 0 aliphatic rings. The molecular formula is C10H18N2O7. The molecule has 0 spiro atoms. The number of rotatable bonds is 11. The predicted octanol–water partition coefficient (Wildman–Crippen LogP) is -2.07. The maximum absolute atomic E-state index is 10.8. The van der Waals surface area contributed by atoms with Crippen molar-refractivity contribution in [3.05, 3.63) is 0 Å². The Labute approximate surface area is 109 Å². The molecule has 0 rings (SSSR count). The van der Waals surface area contributed by atoms with E-state index in [9.17, 15) is 14.4 Å². The van der Waals surface area contributed by atoms with E-state index in [1.165, 1.54) is 0 Å². The molecule has 1 unspecified atom stereocenters. The highest BCUT2D eigenvalue weighted by molar-refractivity contribution is 5.71. The normalized spacial score (nSPS) is 13.7. The van der Waals surface area contributed by atoms with Gasteiger partial charge in [0.2, 0.25) is 0 Å². The van der Waals surface area contributed by atoms with Gasteiger partial charge in [0, 0.05) is 18.7 Å². The van der Waals surface area contributed by atoms with Gasteiger partial charge in [0.25, 0.3) is 0 Å². The molecule has 0 aliphatic carbocycles. The average molecular weight is 278 g/mol. The number of aliphatic carboxylic acids is 3. The third kappa shape index (κ3) is 8.08. The lowest BCUT2D eigenvalue weighted by Crippen LogP contribution is -2.56. The van der Waals surface area contributed by atoms with Crippen LogP contribution >= 0.6 is 0 Å². The van der Waals surface area contributed by atoms with E-state index in [0.29, 0.717) is 0 Å². The van der Waals surface area contributed by atoms with Gasteiger partial charge in [-0.15, -0.1) is 0 Å². The molecule has 0 aliphatic heterocycles. The van der Waals surface area contributed by atoms with Gasteiger partial charge in [-0.05, 0) is 6.42 Å². The second-order valence-corrected chi connectivity index (χ2v) is 4.07. The Kier molecular flexibility index (Phi) is 7.65. The van der Waals surface area contributed by atoms with Crippen LogP contribution in [0.1, 0.15) is 12.8 Å². The van der Waals surface area contributed by atoms with Crippen LogP contribution in [0.3, 0.4) is 0 Å². The molecule has 0 aromatic heterocycles. The molecular weight excluding hydrogens is 260 g/mol. The quantitative estimate of drug-likeness (QED) is 0.250. The van der Waals surface area contributed by atoms with E-state index in [4.69, 9.17) is 20.4 Å². The summed E-state index contributed by atoms with van der Waals surface area (Å²) in [6.45, 7) is -1.31. The zero-order valence-electron chi connectivity index (χ0n) is 10.3. The van der Waals surface area contributed by atoms with E-state index in [0.717, 1.165) is 0 Å². The molecule has 9 heteroatoms. The van der Waals surface area contributed by atoms with Crippen molar-refractivity contribution < 1.29 is 34.8 Å². The Hall–Kier alpha value is -1.71. The van der Waals surface area contributed by atoms with Gasteiger partial charge < -0.3 is 25.7 Å². The highest BCUT2D eigenvalue weighted by Crippen LogP contribution is 2.14. The summed E-state index contributed by atoms with van der Waals surface area (Å²) in [6, 6.07) is 0. The molecule has 110 valence electrons. The summed E-state index contributed by atoms with van der Waals surface area (Å²) >= 11 is 0. The summed E-state index contributed by atoms with van der Waals surface area (Å²) in [5.74, 6) is -3.47. The highest BCUT2D eigenvalue weighted by Gasteiger charge is 2.32. The number of carboxylic acid groups (broad SMARTS) is 3. The van der Waals surface area contributed by atoms with E-state index >= 15 is 0 Å². The van der Waals surface area contributed by atoms with Crippen molar-refractivity contribution in [2.45, 2.75) is 18.4 Å². The minimum absolute atomic E-state index is 0.0147. The third-order valence-corrected chi connectivity index (χ3v) is 2.43. The molecule has 0 bridgehead atoms. The topological polar surface area (TPSA) is 156 Å². The Morgan fingerprint density at radius 1 is 0.947 bits per heavy atom. The SMILES string of the molecule is O=C(O)CNCC(CCO)(CC(=O)O)NCC(=O)O. The second-order valence-electron chi connectivity index (χ2n) is 4.07. The monoisotopic (exact) mass is 278 g/mol. The first-order valence-electron chi connectivity index (χ1n) is 5.53. The van der Waals surface area contributed by atoms with E-state index in [1.807, 2.05) is 0 Å². The Morgan fingerprint density at radius 2 is 1.53 bits per heavy atom. The van der Waals surface area contributed by atoms with Crippen LogP contribution in [-0.2, 0) is 14.4 Å². The van der Waals surface area contributed by atoms with Crippen molar-refractivity contribution in [3.8, 4) is 0 Å². The number of hydrogen-bond donors (Lipinski definition) is 6. The molecule has 0 saturated carbocycles. The van der Waals surface area contributed by atoms with Gasteiger partial charge in [-0.3, -0.25) is 19.7 Å². The van der Waals surface area contributed by atoms with E-state index in [1.54, 1.807) is 0 Å². The van der Waals surface area contributed by atoms with Crippen LogP contribution in [0, 0.1) is 0 Å². The van der Waals surface area contributed by atoms with Crippen LogP contribution in [0.4, 0.5) is 0 Å². The van der Waals surface area contributed by atoms with E-state index < -0.39 is 36.4 Å². The number of carboxylic acids is 3. The molecule has 19 heavy (non-hydrogen) atoms. The van der Waals surface area contributed by atoms with Crippen molar-refractivity contribution in [2.24, 2.45) is 0 Å². The molecule has 1 atom stereocenters. The summed E-state index contributed by atoms with van der Waals surface area (Å²) < 4.78 is 0. The molecule has 9 nitrogen and oxygen atoms in total. The predicted molar refractivity (Wildman–Crippen MR) is 62.8 cm³/mol. The number of carbonyl (C=O) groups is 3. The maximum atomic E-state index is 10.8. The van der Waals surface area contributed by atoms with Crippen LogP contribution < -0.4 is 10.6 Å². The first-order chi connectivity index (χ1) is 8.81. The van der Waals surface area contributed by atoms with Crippen LogP contribution in [0.2, 0.25) is 0 Å². The van der Waals surface area contributed by atoms with Crippen LogP contribution in [0.15, 0.2) is 0 Å². The summed E-state index contributed by atoms with van der Waals surface area (Å²) in [5.41, 5.74) is -1.21. The van der Waals surface area contributed by atoms with Crippen LogP contribution in [0.5, 0.6) is 0 Å². The van der Waals surface area contributed by atoms with Crippen molar-refractivity contribution in [1.29, 1.82) is 0 Å². The van der Waals surface area contributed by atoms with Gasteiger partial charge in [0.15, 0.2) is 0 Å². The van der Waals surface area contributed by atoms with Crippen molar-refractivity contribution in [1.82, 2.24) is 10.6 Å². The van der Waals surface area contributed by atoms with E-state index in [2.05, 4.69) is 10.6 Å². The first-order valence-corrected chi connectivity index (χ1v) is 5.53. The molecule has 0 aromatic carbocycles. The summed E-state index contributed by atoms with van der Waals surface area (Å²) in [6.07, 6.45) is -0.452. The van der Waals surface area contributed by atoms with E-state index in [-0.39, 0.29) is 26.1 Å². The average Bonchev–Trinajstić information content (AvgIpc) is 2.25. The van der Waals surface area contributed by atoms with Crippen molar-refractivity contribution in [2.75, 3.05) is 26.2 Å².